The maximum Gasteiger partial charge on any atom is 0.0958 e. The maximum atomic E-state index is 4.36. The Balaban J connectivity index is 0.00000112. The van der Waals surface area contributed by atoms with Gasteiger partial charge in [0.05, 0.1) is 5.52 Å². The van der Waals surface area contributed by atoms with Crippen molar-refractivity contribution >= 4 is 10.9 Å². The topological polar surface area (TPSA) is 28.7 Å². The molecule has 0 fully saturated rings. The van der Waals surface area contributed by atoms with E-state index in [4.69, 9.17) is 0 Å². The third kappa shape index (κ3) is 0.999. The van der Waals surface area contributed by atoms with Gasteiger partial charge < -0.3 is 0 Å². The highest BCUT2D eigenvalue weighted by Crippen LogP contribution is 2.29. The maximum absolute atomic E-state index is 4.36. The normalized spacial score (nSPS) is 11.2. The van der Waals surface area contributed by atoms with Crippen LogP contribution in [-0.4, -0.2) is 10.2 Å². The lowest BCUT2D eigenvalue weighted by molar-refractivity contribution is 1.06. The van der Waals surface area contributed by atoms with Gasteiger partial charge in [-0.25, -0.2) is 0 Å². The van der Waals surface area contributed by atoms with Gasteiger partial charge in [0.1, 0.15) is 0 Å². The number of hydrogen-bond donors (Lipinski definition) is 1. The van der Waals surface area contributed by atoms with Crippen LogP contribution >= 0.6 is 0 Å². The number of aromatic amines is 1. The molecule has 1 aromatic carbocycles. The van der Waals surface area contributed by atoms with E-state index in [9.17, 15) is 0 Å². The molecular formula is C12H18N2. The minimum absolute atomic E-state index is 0. The molecule has 0 bridgehead atoms. The Kier molecular flexibility index (Phi) is 1.88. The molecule has 1 heterocycles. The predicted molar refractivity (Wildman–Crippen MR) is 61.9 cm³/mol. The monoisotopic (exact) mass is 190 g/mol. The fourth-order valence-corrected chi connectivity index (χ4v) is 2.09. The van der Waals surface area contributed by atoms with Crippen LogP contribution in [0.25, 0.3) is 10.9 Å². The van der Waals surface area contributed by atoms with Crippen molar-refractivity contribution in [2.24, 2.45) is 0 Å². The average molecular weight is 190 g/mol. The minimum atomic E-state index is 0. The lowest BCUT2D eigenvalue weighted by atomic mass is 9.95. The van der Waals surface area contributed by atoms with Gasteiger partial charge in [0.25, 0.3) is 0 Å². The predicted octanol–water partition coefficient (Wildman–Crippen LogP) is 3.35. The SMILES string of the molecule is Cc1c(C)c(C)c2c(C)[nH]nc2c1C.[HH]. The van der Waals surface area contributed by atoms with Gasteiger partial charge >= 0.3 is 0 Å². The zero-order chi connectivity index (χ0) is 10.5. The smallest absolute Gasteiger partial charge is 0.0958 e. The number of hydrogen-bond acceptors (Lipinski definition) is 1. The van der Waals surface area contributed by atoms with Crippen LogP contribution in [0.4, 0.5) is 0 Å². The number of nitrogens with one attached hydrogen (secondary N) is 1. The molecule has 0 aliphatic rings. The summed E-state index contributed by atoms with van der Waals surface area (Å²) in [7, 11) is 0. The number of aromatic nitrogens is 2. The molecule has 0 radical (unpaired) electrons. The van der Waals surface area contributed by atoms with Crippen LogP contribution in [0.3, 0.4) is 0 Å². The van der Waals surface area contributed by atoms with Crippen molar-refractivity contribution in [1.29, 1.82) is 0 Å². The summed E-state index contributed by atoms with van der Waals surface area (Å²) in [4.78, 5) is 0. The highest BCUT2D eigenvalue weighted by Gasteiger charge is 2.12. The van der Waals surface area contributed by atoms with E-state index in [0.29, 0.717) is 0 Å². The molecule has 0 saturated heterocycles. The lowest BCUT2D eigenvalue weighted by Crippen LogP contribution is -1.93. The van der Waals surface area contributed by atoms with Gasteiger partial charge in [-0.1, -0.05) is 0 Å². The van der Waals surface area contributed by atoms with Gasteiger partial charge in [0.15, 0.2) is 0 Å². The van der Waals surface area contributed by atoms with Crippen molar-refractivity contribution < 1.29 is 1.43 Å². The van der Waals surface area contributed by atoms with Crippen molar-refractivity contribution in [2.45, 2.75) is 34.6 Å². The molecule has 0 aliphatic carbocycles. The summed E-state index contributed by atoms with van der Waals surface area (Å²) in [6.45, 7) is 10.7. The highest BCUT2D eigenvalue weighted by atomic mass is 15.1. The number of H-pyrrole nitrogens is 1. The van der Waals surface area contributed by atoms with E-state index in [1.807, 2.05) is 0 Å². The van der Waals surface area contributed by atoms with E-state index >= 15 is 0 Å². The number of benzene rings is 1. The summed E-state index contributed by atoms with van der Waals surface area (Å²) < 4.78 is 0. The fourth-order valence-electron chi connectivity index (χ4n) is 2.09. The first kappa shape index (κ1) is 9.25. The van der Waals surface area contributed by atoms with E-state index in [1.54, 1.807) is 0 Å². The van der Waals surface area contributed by atoms with Crippen molar-refractivity contribution in [3.05, 3.63) is 27.9 Å². The molecule has 2 heteroatoms. The van der Waals surface area contributed by atoms with Crippen LogP contribution in [0.5, 0.6) is 0 Å². The molecule has 1 aromatic heterocycles. The molecule has 1 N–H and O–H groups in total. The Hall–Kier alpha value is -1.31. The standard InChI is InChI=1S/C12H16N2.H2/c1-6-7(2)9(4)12-11(8(6)3)10(5)13-14-12;/h1-5H3,(H,13,14);1H. The summed E-state index contributed by atoms with van der Waals surface area (Å²) in [5.41, 5.74) is 7.70. The molecule has 0 amide bonds. The molecule has 14 heavy (non-hydrogen) atoms. The molecule has 76 valence electrons. The van der Waals surface area contributed by atoms with Gasteiger partial charge in [-0.15, -0.1) is 0 Å². The number of rotatable bonds is 0. The molecule has 0 saturated carbocycles. The summed E-state index contributed by atoms with van der Waals surface area (Å²) in [5, 5.41) is 8.72. The molecule has 2 nitrogen and oxygen atoms in total. The van der Waals surface area contributed by atoms with Crippen molar-refractivity contribution in [1.82, 2.24) is 10.2 Å². The minimum Gasteiger partial charge on any atom is -0.282 e. The van der Waals surface area contributed by atoms with Crippen molar-refractivity contribution in [2.75, 3.05) is 0 Å². The van der Waals surface area contributed by atoms with Gasteiger partial charge in [-0.2, -0.15) is 5.10 Å². The van der Waals surface area contributed by atoms with E-state index in [-0.39, 0.29) is 1.43 Å². The summed E-state index contributed by atoms with van der Waals surface area (Å²) in [5.74, 6) is 0. The molecular weight excluding hydrogens is 172 g/mol. The van der Waals surface area contributed by atoms with E-state index in [2.05, 4.69) is 44.8 Å². The van der Waals surface area contributed by atoms with Gasteiger partial charge in [-0.05, 0) is 56.9 Å². The van der Waals surface area contributed by atoms with Crippen LogP contribution < -0.4 is 0 Å². The van der Waals surface area contributed by atoms with Crippen LogP contribution in [-0.2, 0) is 0 Å². The van der Waals surface area contributed by atoms with Crippen LogP contribution in [0.15, 0.2) is 0 Å². The lowest BCUT2D eigenvalue weighted by Gasteiger charge is -2.10. The van der Waals surface area contributed by atoms with Crippen molar-refractivity contribution in [3.63, 3.8) is 0 Å². The second kappa shape index (κ2) is 2.84. The second-order valence-corrected chi connectivity index (χ2v) is 4.07. The number of aryl methyl sites for hydroxylation is 3. The van der Waals surface area contributed by atoms with E-state index in [1.165, 1.54) is 33.3 Å². The average Bonchev–Trinajstić information content (AvgIpc) is 2.54. The summed E-state index contributed by atoms with van der Waals surface area (Å²) in [6, 6.07) is 0. The molecule has 0 aliphatic heterocycles. The van der Waals surface area contributed by atoms with E-state index < -0.39 is 0 Å². The first-order valence-electron chi connectivity index (χ1n) is 4.95. The highest BCUT2D eigenvalue weighted by molar-refractivity contribution is 5.89. The second-order valence-electron chi connectivity index (χ2n) is 4.07. The number of fused-ring (bicyclic) bond motifs is 1. The zero-order valence-corrected chi connectivity index (χ0v) is 9.45. The van der Waals surface area contributed by atoms with Crippen LogP contribution in [0.1, 0.15) is 29.4 Å². The Labute approximate surface area is 85.8 Å². The van der Waals surface area contributed by atoms with Gasteiger partial charge in [0.2, 0.25) is 0 Å². The summed E-state index contributed by atoms with van der Waals surface area (Å²) in [6.07, 6.45) is 0. The molecule has 0 atom stereocenters. The van der Waals surface area contributed by atoms with E-state index in [0.717, 1.165) is 5.52 Å². The molecule has 2 aromatic rings. The Morgan fingerprint density at radius 3 is 2.07 bits per heavy atom. The Morgan fingerprint density at radius 2 is 1.43 bits per heavy atom. The Morgan fingerprint density at radius 1 is 0.857 bits per heavy atom. The third-order valence-corrected chi connectivity index (χ3v) is 3.36. The van der Waals surface area contributed by atoms with Crippen LogP contribution in [0, 0.1) is 34.6 Å². The zero-order valence-electron chi connectivity index (χ0n) is 9.45. The first-order chi connectivity index (χ1) is 6.54. The first-order valence-corrected chi connectivity index (χ1v) is 4.95. The fraction of sp³-hybridized carbons (Fsp3) is 0.417. The largest absolute Gasteiger partial charge is 0.282 e. The van der Waals surface area contributed by atoms with Gasteiger partial charge in [0, 0.05) is 12.5 Å². The van der Waals surface area contributed by atoms with Crippen molar-refractivity contribution in [3.8, 4) is 0 Å². The van der Waals surface area contributed by atoms with Gasteiger partial charge in [-0.3, -0.25) is 5.10 Å². The Bertz CT molecular complexity index is 512. The summed E-state index contributed by atoms with van der Waals surface area (Å²) >= 11 is 0. The molecule has 0 spiro atoms. The molecule has 2 rings (SSSR count). The third-order valence-electron chi connectivity index (χ3n) is 3.36. The number of nitrogens with zero attached hydrogens (tertiary/aromatic N) is 1. The molecule has 0 unspecified atom stereocenters. The quantitative estimate of drug-likeness (QED) is 0.678. The van der Waals surface area contributed by atoms with Crippen LogP contribution in [0.2, 0.25) is 0 Å².